The fourth-order valence-electron chi connectivity index (χ4n) is 4.81. The molecule has 0 saturated carbocycles. The summed E-state index contributed by atoms with van der Waals surface area (Å²) in [7, 11) is 0. The minimum absolute atomic E-state index is 0.0551. The van der Waals surface area contributed by atoms with E-state index in [4.69, 9.17) is 0 Å². The Morgan fingerprint density at radius 3 is 2.61 bits per heavy atom. The summed E-state index contributed by atoms with van der Waals surface area (Å²) >= 11 is 1.67. The first-order valence-corrected chi connectivity index (χ1v) is 11.8. The normalized spacial score (nSPS) is 20.4. The first-order chi connectivity index (χ1) is 16.0. The Morgan fingerprint density at radius 1 is 1.06 bits per heavy atom. The molecule has 0 saturated heterocycles. The first kappa shape index (κ1) is 21.3. The van der Waals surface area contributed by atoms with Crippen LogP contribution in [-0.2, 0) is 9.59 Å². The second kappa shape index (κ2) is 8.79. The lowest BCUT2D eigenvalue weighted by molar-refractivity contribution is -0.116. The Bertz CT molecular complexity index is 1280. The van der Waals surface area contributed by atoms with Crippen molar-refractivity contribution in [3.05, 3.63) is 111 Å². The molecule has 1 aliphatic carbocycles. The van der Waals surface area contributed by atoms with E-state index in [0.29, 0.717) is 29.0 Å². The van der Waals surface area contributed by atoms with Gasteiger partial charge in [-0.25, -0.2) is 4.39 Å². The number of hydrogen-bond acceptors (Lipinski definition) is 4. The van der Waals surface area contributed by atoms with Crippen molar-refractivity contribution in [2.24, 2.45) is 0 Å². The number of dihydropyridines is 1. The van der Waals surface area contributed by atoms with Gasteiger partial charge in [-0.3, -0.25) is 9.59 Å². The predicted molar refractivity (Wildman–Crippen MR) is 128 cm³/mol. The number of ketones is 1. The third-order valence-electron chi connectivity index (χ3n) is 6.23. The SMILES string of the molecule is CC1=C(C(=O)Nc2cccc(F)c2)C(c2ccccc2)C2=C(CC(c3cccs3)CC2=O)N1. The monoisotopic (exact) mass is 458 g/mol. The van der Waals surface area contributed by atoms with E-state index in [9.17, 15) is 14.0 Å². The molecule has 1 aliphatic heterocycles. The van der Waals surface area contributed by atoms with Crippen LogP contribution >= 0.6 is 11.3 Å². The first-order valence-electron chi connectivity index (χ1n) is 10.9. The summed E-state index contributed by atoms with van der Waals surface area (Å²) in [4.78, 5) is 28.1. The largest absolute Gasteiger partial charge is 0.362 e. The van der Waals surface area contributed by atoms with Gasteiger partial charge in [0.2, 0.25) is 0 Å². The van der Waals surface area contributed by atoms with Crippen LogP contribution in [0.4, 0.5) is 10.1 Å². The summed E-state index contributed by atoms with van der Waals surface area (Å²) in [5.74, 6) is -1.06. The van der Waals surface area contributed by atoms with Gasteiger partial charge in [-0.05, 0) is 48.6 Å². The summed E-state index contributed by atoms with van der Waals surface area (Å²) in [6.07, 6.45) is 1.14. The molecule has 2 heterocycles. The van der Waals surface area contributed by atoms with Crippen LogP contribution in [0, 0.1) is 5.82 Å². The van der Waals surface area contributed by atoms with Crippen molar-refractivity contribution < 1.29 is 14.0 Å². The molecule has 0 radical (unpaired) electrons. The third kappa shape index (κ3) is 4.14. The average molecular weight is 459 g/mol. The molecular weight excluding hydrogens is 435 g/mol. The highest BCUT2D eigenvalue weighted by molar-refractivity contribution is 7.10. The van der Waals surface area contributed by atoms with Crippen LogP contribution < -0.4 is 10.6 Å². The lowest BCUT2D eigenvalue weighted by atomic mass is 9.72. The molecule has 33 heavy (non-hydrogen) atoms. The molecule has 1 aromatic heterocycles. The number of nitrogens with one attached hydrogen (secondary N) is 2. The lowest BCUT2D eigenvalue weighted by Gasteiger charge is -2.36. The van der Waals surface area contributed by atoms with Crippen LogP contribution in [0.15, 0.2) is 94.7 Å². The van der Waals surface area contributed by atoms with Gasteiger partial charge in [-0.1, -0.05) is 42.5 Å². The highest BCUT2D eigenvalue weighted by Gasteiger charge is 2.41. The Kier molecular flexibility index (Phi) is 5.68. The molecule has 2 atom stereocenters. The van der Waals surface area contributed by atoms with Crippen molar-refractivity contribution in [3.63, 3.8) is 0 Å². The van der Waals surface area contributed by atoms with Gasteiger partial charge in [0.25, 0.3) is 5.91 Å². The van der Waals surface area contributed by atoms with E-state index in [1.54, 1.807) is 23.5 Å². The molecule has 0 bridgehead atoms. The summed E-state index contributed by atoms with van der Waals surface area (Å²) in [5.41, 5.74) is 3.99. The van der Waals surface area contributed by atoms with E-state index in [2.05, 4.69) is 16.7 Å². The summed E-state index contributed by atoms with van der Waals surface area (Å²) in [6.45, 7) is 1.86. The number of rotatable bonds is 4. The number of halogens is 1. The van der Waals surface area contributed by atoms with Crippen LogP contribution in [0.3, 0.4) is 0 Å². The Balaban J connectivity index is 1.55. The number of Topliss-reactive ketones (excluding diaryl/α,β-unsaturated/α-hetero) is 1. The molecule has 1 amide bonds. The molecule has 2 unspecified atom stereocenters. The molecule has 6 heteroatoms. The van der Waals surface area contributed by atoms with Gasteiger partial charge in [0.15, 0.2) is 5.78 Å². The van der Waals surface area contributed by atoms with Crippen LogP contribution in [-0.4, -0.2) is 11.7 Å². The average Bonchev–Trinajstić information content (AvgIpc) is 3.33. The van der Waals surface area contributed by atoms with Gasteiger partial charge in [0.1, 0.15) is 5.82 Å². The molecule has 0 spiro atoms. The Hall–Kier alpha value is -3.51. The molecule has 3 aromatic rings. The highest BCUT2D eigenvalue weighted by Crippen LogP contribution is 2.46. The summed E-state index contributed by atoms with van der Waals surface area (Å²) in [5, 5.41) is 8.22. The number of benzene rings is 2. The maximum atomic E-state index is 13.7. The number of thiophene rings is 1. The zero-order chi connectivity index (χ0) is 22.9. The topological polar surface area (TPSA) is 58.2 Å². The number of carbonyl (C=O) groups excluding carboxylic acids is 2. The second-order valence-electron chi connectivity index (χ2n) is 8.41. The van der Waals surface area contributed by atoms with Crippen molar-refractivity contribution in [3.8, 4) is 0 Å². The van der Waals surface area contributed by atoms with E-state index in [0.717, 1.165) is 17.7 Å². The van der Waals surface area contributed by atoms with E-state index < -0.39 is 11.7 Å². The molecular formula is C27H23FN2O2S. The van der Waals surface area contributed by atoms with Crippen LogP contribution in [0.1, 0.15) is 42.0 Å². The van der Waals surface area contributed by atoms with Crippen molar-refractivity contribution in [1.29, 1.82) is 0 Å². The molecule has 0 fully saturated rings. The molecule has 166 valence electrons. The van der Waals surface area contributed by atoms with E-state index in [1.165, 1.54) is 17.0 Å². The third-order valence-corrected chi connectivity index (χ3v) is 7.27. The van der Waals surface area contributed by atoms with E-state index in [1.807, 2.05) is 48.7 Å². The van der Waals surface area contributed by atoms with Gasteiger partial charge >= 0.3 is 0 Å². The number of anilines is 1. The molecule has 2 N–H and O–H groups in total. The lowest BCUT2D eigenvalue weighted by Crippen LogP contribution is -2.37. The minimum atomic E-state index is -0.479. The van der Waals surface area contributed by atoms with Gasteiger partial charge in [-0.15, -0.1) is 11.3 Å². The van der Waals surface area contributed by atoms with Crippen molar-refractivity contribution in [2.75, 3.05) is 5.32 Å². The van der Waals surface area contributed by atoms with Crippen molar-refractivity contribution >= 4 is 28.7 Å². The smallest absolute Gasteiger partial charge is 0.254 e. The number of allylic oxidation sites excluding steroid dienone is 3. The van der Waals surface area contributed by atoms with Gasteiger partial charge in [0.05, 0.1) is 0 Å². The Morgan fingerprint density at radius 2 is 1.88 bits per heavy atom. The summed E-state index contributed by atoms with van der Waals surface area (Å²) < 4.78 is 13.7. The van der Waals surface area contributed by atoms with E-state index in [-0.39, 0.29) is 17.6 Å². The maximum absolute atomic E-state index is 13.7. The second-order valence-corrected chi connectivity index (χ2v) is 9.39. The zero-order valence-electron chi connectivity index (χ0n) is 18.1. The van der Waals surface area contributed by atoms with Crippen LogP contribution in [0.5, 0.6) is 0 Å². The van der Waals surface area contributed by atoms with Gasteiger partial charge in [-0.2, -0.15) is 0 Å². The minimum Gasteiger partial charge on any atom is -0.362 e. The van der Waals surface area contributed by atoms with Crippen molar-refractivity contribution in [1.82, 2.24) is 5.32 Å². The maximum Gasteiger partial charge on any atom is 0.254 e. The van der Waals surface area contributed by atoms with Crippen LogP contribution in [0.25, 0.3) is 0 Å². The predicted octanol–water partition coefficient (Wildman–Crippen LogP) is 5.89. The van der Waals surface area contributed by atoms with Gasteiger partial charge in [0, 0.05) is 51.4 Å². The fraction of sp³-hybridized carbons (Fsp3) is 0.185. The van der Waals surface area contributed by atoms with Crippen LogP contribution in [0.2, 0.25) is 0 Å². The molecule has 2 aliphatic rings. The molecule has 4 nitrogen and oxygen atoms in total. The van der Waals surface area contributed by atoms with Gasteiger partial charge < -0.3 is 10.6 Å². The quantitative estimate of drug-likeness (QED) is 0.513. The summed E-state index contributed by atoms with van der Waals surface area (Å²) in [6, 6.07) is 19.5. The molecule has 2 aromatic carbocycles. The number of hydrogen-bond donors (Lipinski definition) is 2. The standard InChI is InChI=1S/C27H23FN2O2S/c1-16-24(27(32)30-20-10-5-9-19(28)15-20)25(17-7-3-2-4-8-17)26-21(29-16)13-18(14-22(26)31)23-11-6-12-33-23/h2-12,15,18,25,29H,13-14H2,1H3,(H,30,32). The Labute approximate surface area is 195 Å². The fourth-order valence-corrected chi connectivity index (χ4v) is 5.64. The van der Waals surface area contributed by atoms with Crippen molar-refractivity contribution in [2.45, 2.75) is 31.6 Å². The number of amides is 1. The zero-order valence-corrected chi connectivity index (χ0v) is 18.9. The molecule has 5 rings (SSSR count). The number of carbonyl (C=O) groups is 2. The van der Waals surface area contributed by atoms with E-state index >= 15 is 0 Å². The highest BCUT2D eigenvalue weighted by atomic mass is 32.1.